The maximum atomic E-state index is 10.8. The fourth-order valence-electron chi connectivity index (χ4n) is 1.17. The van der Waals surface area contributed by atoms with E-state index in [1.807, 2.05) is 0 Å². The molecule has 0 spiro atoms. The lowest BCUT2D eigenvalue weighted by Gasteiger charge is -2.03. The van der Waals surface area contributed by atoms with Gasteiger partial charge >= 0.3 is 12.2 Å². The second kappa shape index (κ2) is 6.18. The smallest absolute Gasteiger partial charge is 0.416 e. The topological polar surface area (TPSA) is 119 Å². The third-order valence-electron chi connectivity index (χ3n) is 1.98. The van der Waals surface area contributed by atoms with Crippen molar-refractivity contribution in [1.82, 2.24) is 5.32 Å². The van der Waals surface area contributed by atoms with Crippen molar-refractivity contribution in [2.75, 3.05) is 6.61 Å². The number of nitrogens with one attached hydrogen (secondary N) is 1. The van der Waals surface area contributed by atoms with Crippen molar-refractivity contribution in [2.45, 2.75) is 6.42 Å². The Kier molecular flexibility index (Phi) is 4.61. The van der Waals surface area contributed by atoms with Crippen LogP contribution in [0.15, 0.2) is 24.3 Å². The number of ether oxygens (including phenoxy) is 1. The lowest BCUT2D eigenvalue weighted by Crippen LogP contribution is -2.29. The molecule has 0 aliphatic heterocycles. The van der Waals surface area contributed by atoms with Crippen LogP contribution in [0.5, 0.6) is 0 Å². The van der Waals surface area contributed by atoms with E-state index < -0.39 is 17.1 Å². The monoisotopic (exact) mass is 254 g/mol. The van der Waals surface area contributed by atoms with Crippen molar-refractivity contribution in [1.29, 1.82) is 0 Å². The Bertz CT molecular complexity index is 456. The number of carbonyl (C=O) groups is 2. The van der Waals surface area contributed by atoms with Crippen LogP contribution in [0.25, 0.3) is 0 Å². The van der Waals surface area contributed by atoms with Gasteiger partial charge in [0.05, 0.1) is 11.5 Å². The fourth-order valence-corrected chi connectivity index (χ4v) is 1.17. The molecule has 0 fully saturated rings. The normalized spacial score (nSPS) is 9.56. The maximum Gasteiger partial charge on any atom is 0.416 e. The van der Waals surface area contributed by atoms with Gasteiger partial charge in [-0.1, -0.05) is 12.1 Å². The van der Waals surface area contributed by atoms with Gasteiger partial charge in [0, 0.05) is 18.6 Å². The van der Waals surface area contributed by atoms with Crippen molar-refractivity contribution in [3.8, 4) is 0 Å². The third kappa shape index (κ3) is 4.47. The van der Waals surface area contributed by atoms with Crippen LogP contribution < -0.4 is 5.32 Å². The molecule has 1 rings (SSSR count). The van der Waals surface area contributed by atoms with Crippen molar-refractivity contribution in [3.05, 3.63) is 39.9 Å². The molecule has 96 valence electrons. The lowest BCUT2D eigenvalue weighted by molar-refractivity contribution is -0.384. The minimum atomic E-state index is -1.49. The van der Waals surface area contributed by atoms with E-state index in [4.69, 9.17) is 5.11 Å². The molecule has 18 heavy (non-hydrogen) atoms. The summed E-state index contributed by atoms with van der Waals surface area (Å²) in [6, 6.07) is 5.76. The first-order chi connectivity index (χ1) is 8.49. The van der Waals surface area contributed by atoms with Gasteiger partial charge in [-0.05, 0) is 5.56 Å². The molecular weight excluding hydrogens is 244 g/mol. The van der Waals surface area contributed by atoms with Gasteiger partial charge in [0.15, 0.2) is 0 Å². The van der Waals surface area contributed by atoms with Crippen LogP contribution in [0.1, 0.15) is 5.56 Å². The first-order valence-electron chi connectivity index (χ1n) is 4.89. The van der Waals surface area contributed by atoms with Gasteiger partial charge in [-0.3, -0.25) is 10.1 Å². The number of imide groups is 1. The zero-order chi connectivity index (χ0) is 13.5. The number of rotatable bonds is 4. The van der Waals surface area contributed by atoms with Crippen molar-refractivity contribution in [2.24, 2.45) is 0 Å². The number of amides is 2. The van der Waals surface area contributed by atoms with Crippen LogP contribution in [0.3, 0.4) is 0 Å². The number of nitro benzene ring substituents is 1. The highest BCUT2D eigenvalue weighted by Crippen LogP contribution is 2.12. The zero-order valence-corrected chi connectivity index (χ0v) is 9.16. The molecule has 0 saturated carbocycles. The van der Waals surface area contributed by atoms with Crippen LogP contribution in [-0.4, -0.2) is 28.8 Å². The van der Waals surface area contributed by atoms with E-state index in [-0.39, 0.29) is 12.3 Å². The van der Waals surface area contributed by atoms with E-state index in [0.717, 1.165) is 5.56 Å². The van der Waals surface area contributed by atoms with Gasteiger partial charge in [-0.15, -0.1) is 0 Å². The second-order valence-corrected chi connectivity index (χ2v) is 3.24. The average Bonchev–Trinajstić information content (AvgIpc) is 2.28. The minimum absolute atomic E-state index is 0.0169. The molecule has 0 radical (unpaired) electrons. The summed E-state index contributed by atoms with van der Waals surface area (Å²) in [5.74, 6) is 0. The highest BCUT2D eigenvalue weighted by molar-refractivity contribution is 5.86. The average molecular weight is 254 g/mol. The van der Waals surface area contributed by atoms with Crippen molar-refractivity contribution in [3.63, 3.8) is 0 Å². The molecule has 2 N–H and O–H groups in total. The molecule has 0 bridgehead atoms. The molecule has 0 aliphatic carbocycles. The van der Waals surface area contributed by atoms with Crippen LogP contribution in [0.2, 0.25) is 0 Å². The molecule has 8 heteroatoms. The van der Waals surface area contributed by atoms with Gasteiger partial charge in [0.25, 0.3) is 5.69 Å². The first-order valence-corrected chi connectivity index (χ1v) is 4.89. The van der Waals surface area contributed by atoms with E-state index >= 15 is 0 Å². The third-order valence-corrected chi connectivity index (χ3v) is 1.98. The summed E-state index contributed by atoms with van der Waals surface area (Å²) < 4.78 is 4.57. The van der Waals surface area contributed by atoms with Crippen LogP contribution in [0, 0.1) is 10.1 Å². The summed E-state index contributed by atoms with van der Waals surface area (Å²) in [7, 11) is 0. The molecule has 0 aliphatic rings. The predicted molar refractivity (Wildman–Crippen MR) is 59.3 cm³/mol. The minimum Gasteiger partial charge on any atom is -0.465 e. The summed E-state index contributed by atoms with van der Waals surface area (Å²) in [6.07, 6.45) is -2.20. The number of hydrogen-bond donors (Lipinski definition) is 2. The van der Waals surface area contributed by atoms with Crippen LogP contribution in [0.4, 0.5) is 15.3 Å². The Morgan fingerprint density at radius 1 is 1.33 bits per heavy atom. The summed E-state index contributed by atoms with van der Waals surface area (Å²) in [5.41, 5.74) is 0.715. The molecule has 0 aromatic heterocycles. The number of alkyl carbamates (subject to hydrolysis) is 1. The summed E-state index contributed by atoms with van der Waals surface area (Å²) in [5, 5.41) is 20.1. The Hall–Kier alpha value is -2.64. The highest BCUT2D eigenvalue weighted by Gasteiger charge is 2.07. The van der Waals surface area contributed by atoms with Crippen molar-refractivity contribution < 1.29 is 24.4 Å². The van der Waals surface area contributed by atoms with E-state index in [0.29, 0.717) is 6.42 Å². The quantitative estimate of drug-likeness (QED) is 0.621. The van der Waals surface area contributed by atoms with E-state index in [1.54, 1.807) is 0 Å². The van der Waals surface area contributed by atoms with E-state index in [2.05, 4.69) is 4.74 Å². The number of carboxylic acid groups (broad SMARTS) is 1. The number of nitrogens with zero attached hydrogens (tertiary/aromatic N) is 1. The fraction of sp³-hybridized carbons (Fsp3) is 0.200. The second-order valence-electron chi connectivity index (χ2n) is 3.24. The highest BCUT2D eigenvalue weighted by atomic mass is 16.6. The maximum absolute atomic E-state index is 10.8. The molecule has 8 nitrogen and oxygen atoms in total. The van der Waals surface area contributed by atoms with Gasteiger partial charge in [0.2, 0.25) is 0 Å². The van der Waals surface area contributed by atoms with E-state index in [9.17, 15) is 19.7 Å². The van der Waals surface area contributed by atoms with Gasteiger partial charge < -0.3 is 9.84 Å². The summed E-state index contributed by atoms with van der Waals surface area (Å²) >= 11 is 0. The zero-order valence-electron chi connectivity index (χ0n) is 9.16. The number of hydrogen-bond acceptors (Lipinski definition) is 5. The largest absolute Gasteiger partial charge is 0.465 e. The summed E-state index contributed by atoms with van der Waals surface area (Å²) in [6.45, 7) is -0.0169. The van der Waals surface area contributed by atoms with Gasteiger partial charge in [0.1, 0.15) is 0 Å². The molecular formula is C10H10N2O6. The van der Waals surface area contributed by atoms with Crippen LogP contribution >= 0.6 is 0 Å². The number of benzene rings is 1. The van der Waals surface area contributed by atoms with Gasteiger partial charge in [-0.2, -0.15) is 0 Å². The standard InChI is InChI=1S/C10H10N2O6/c13-9(14)11-10(15)18-6-5-7-1-3-8(4-2-7)12(16)17/h1-4H,5-6H2,(H,11,15)(H,13,14). The Morgan fingerprint density at radius 3 is 2.44 bits per heavy atom. The van der Waals surface area contributed by atoms with E-state index in [1.165, 1.54) is 29.6 Å². The Labute approximate surface area is 101 Å². The van der Waals surface area contributed by atoms with Crippen LogP contribution in [-0.2, 0) is 11.2 Å². The SMILES string of the molecule is O=C(O)NC(=O)OCCc1ccc([N+](=O)[O-])cc1. The van der Waals surface area contributed by atoms with Crippen molar-refractivity contribution >= 4 is 17.9 Å². The molecule has 1 aromatic rings. The number of carbonyl (C=O) groups excluding carboxylic acids is 1. The number of non-ortho nitro benzene ring substituents is 1. The summed E-state index contributed by atoms with van der Waals surface area (Å²) in [4.78, 5) is 30.7. The molecule has 0 heterocycles. The lowest BCUT2D eigenvalue weighted by atomic mass is 10.1. The molecule has 0 atom stereocenters. The Balaban J connectivity index is 2.38. The predicted octanol–water partition coefficient (Wildman–Crippen LogP) is 1.54. The Morgan fingerprint density at radius 2 is 1.94 bits per heavy atom. The number of nitro groups is 1. The molecule has 0 saturated heterocycles. The van der Waals surface area contributed by atoms with Gasteiger partial charge in [-0.25, -0.2) is 14.9 Å². The molecule has 1 aromatic carbocycles. The molecule has 2 amide bonds. The molecule has 0 unspecified atom stereocenters. The first kappa shape index (κ1) is 13.4.